The highest BCUT2D eigenvalue weighted by Gasteiger charge is 2.15. The van der Waals surface area contributed by atoms with E-state index in [-0.39, 0.29) is 18.1 Å². The molecule has 0 aliphatic carbocycles. The summed E-state index contributed by atoms with van der Waals surface area (Å²) in [6.45, 7) is 8.31. The second-order valence-corrected chi connectivity index (χ2v) is 12.5. The normalized spacial score (nSPS) is 11.5. The van der Waals surface area contributed by atoms with E-state index in [1.807, 2.05) is 55.8 Å². The third-order valence-corrected chi connectivity index (χ3v) is 8.72. The minimum atomic E-state index is -3.78. The molecule has 0 spiro atoms. The summed E-state index contributed by atoms with van der Waals surface area (Å²) in [7, 11) is -3.78. The van der Waals surface area contributed by atoms with Crippen LogP contribution in [0.3, 0.4) is 0 Å². The molecule has 0 fully saturated rings. The Balaban J connectivity index is 1.06. The molecule has 12 heteroatoms. The van der Waals surface area contributed by atoms with E-state index in [9.17, 15) is 8.42 Å². The van der Waals surface area contributed by atoms with Crippen molar-refractivity contribution < 1.29 is 31.5 Å². The predicted octanol–water partition coefficient (Wildman–Crippen LogP) is 5.75. The largest absolute Gasteiger partial charge is 0.491 e. The zero-order valence-corrected chi connectivity index (χ0v) is 27.8. The molecular weight excluding hydrogens is 630 g/mol. The molecule has 0 saturated heterocycles. The molecule has 0 unspecified atom stereocenters. The number of nitriles is 1. The van der Waals surface area contributed by atoms with Crippen molar-refractivity contribution >= 4 is 21.7 Å². The van der Waals surface area contributed by atoms with Gasteiger partial charge in [-0.05, 0) is 68.8 Å². The SMILES string of the molecule is Cc1ccc(S(=O)(=O)OCCOCCOCCOCCOc2ccc(Cc3c(C)nn(-c4ccc(C#N)c(Cl)c4)c3C)cc2)cc1. The highest BCUT2D eigenvalue weighted by atomic mass is 35.5. The molecule has 1 heterocycles. The van der Waals surface area contributed by atoms with Crippen LogP contribution in [0.4, 0.5) is 0 Å². The van der Waals surface area contributed by atoms with Gasteiger partial charge >= 0.3 is 0 Å². The van der Waals surface area contributed by atoms with Gasteiger partial charge in [0.05, 0.1) is 73.1 Å². The molecule has 4 rings (SSSR count). The molecule has 0 aliphatic heterocycles. The molecule has 46 heavy (non-hydrogen) atoms. The molecule has 4 aromatic rings. The number of nitrogens with zero attached hydrogens (tertiary/aromatic N) is 3. The number of aromatic nitrogens is 2. The van der Waals surface area contributed by atoms with Gasteiger partial charge in [0.25, 0.3) is 10.1 Å². The molecule has 0 bridgehead atoms. The summed E-state index contributed by atoms with van der Waals surface area (Å²) in [4.78, 5) is 0.125. The summed E-state index contributed by atoms with van der Waals surface area (Å²) in [5.74, 6) is 0.757. The van der Waals surface area contributed by atoms with Crippen LogP contribution in [-0.2, 0) is 34.9 Å². The fourth-order valence-electron chi connectivity index (χ4n) is 4.55. The van der Waals surface area contributed by atoms with Gasteiger partial charge < -0.3 is 18.9 Å². The first kappa shape index (κ1) is 35.1. The first-order valence-electron chi connectivity index (χ1n) is 14.8. The minimum absolute atomic E-state index is 0.0654. The Morgan fingerprint density at radius 2 is 1.41 bits per heavy atom. The molecule has 10 nitrogen and oxygen atoms in total. The number of aryl methyl sites for hydroxylation is 2. The maximum absolute atomic E-state index is 12.1. The number of halogens is 1. The molecule has 0 radical (unpaired) electrons. The van der Waals surface area contributed by atoms with Crippen molar-refractivity contribution in [2.45, 2.75) is 32.1 Å². The molecular formula is C34H38ClN3O7S. The van der Waals surface area contributed by atoms with Gasteiger partial charge in [-0.1, -0.05) is 41.4 Å². The lowest BCUT2D eigenvalue weighted by atomic mass is 10.0. The van der Waals surface area contributed by atoms with Gasteiger partial charge in [0, 0.05) is 17.7 Å². The molecule has 0 N–H and O–H groups in total. The Hall–Kier alpha value is -3.76. The van der Waals surface area contributed by atoms with Crippen LogP contribution in [-0.4, -0.2) is 71.1 Å². The first-order valence-corrected chi connectivity index (χ1v) is 16.6. The number of benzene rings is 3. The Bertz CT molecular complexity index is 1720. The Morgan fingerprint density at radius 3 is 2.02 bits per heavy atom. The summed E-state index contributed by atoms with van der Waals surface area (Å²) < 4.78 is 53.3. The Kier molecular flexibility index (Phi) is 13.2. The molecule has 3 aromatic carbocycles. The lowest BCUT2D eigenvalue weighted by molar-refractivity contribution is 0.00528. The van der Waals surface area contributed by atoms with Crippen LogP contribution in [0.2, 0.25) is 5.02 Å². The van der Waals surface area contributed by atoms with Crippen LogP contribution in [0.25, 0.3) is 5.69 Å². The predicted molar refractivity (Wildman–Crippen MR) is 174 cm³/mol. The molecule has 0 saturated carbocycles. The van der Waals surface area contributed by atoms with Gasteiger partial charge in [-0.2, -0.15) is 18.8 Å². The van der Waals surface area contributed by atoms with Gasteiger partial charge in [0.15, 0.2) is 0 Å². The average molecular weight is 668 g/mol. The number of hydrogen-bond donors (Lipinski definition) is 0. The third kappa shape index (κ3) is 10.1. The van der Waals surface area contributed by atoms with Crippen molar-refractivity contribution in [3.05, 3.63) is 105 Å². The minimum Gasteiger partial charge on any atom is -0.491 e. The highest BCUT2D eigenvalue weighted by Crippen LogP contribution is 2.25. The van der Waals surface area contributed by atoms with E-state index in [2.05, 4.69) is 6.07 Å². The van der Waals surface area contributed by atoms with Crippen molar-refractivity contribution in [3.63, 3.8) is 0 Å². The summed E-state index contributed by atoms with van der Waals surface area (Å²) >= 11 is 6.24. The lowest BCUT2D eigenvalue weighted by Gasteiger charge is -2.10. The van der Waals surface area contributed by atoms with Crippen molar-refractivity contribution in [1.29, 1.82) is 5.26 Å². The van der Waals surface area contributed by atoms with Crippen LogP contribution in [0.1, 0.15) is 33.6 Å². The van der Waals surface area contributed by atoms with Gasteiger partial charge in [-0.15, -0.1) is 0 Å². The fourth-order valence-corrected chi connectivity index (χ4v) is 5.66. The van der Waals surface area contributed by atoms with E-state index in [0.29, 0.717) is 50.2 Å². The summed E-state index contributed by atoms with van der Waals surface area (Å²) in [6, 6.07) is 21.8. The molecule has 0 aliphatic rings. The van der Waals surface area contributed by atoms with E-state index in [0.717, 1.165) is 45.9 Å². The smallest absolute Gasteiger partial charge is 0.297 e. The zero-order valence-electron chi connectivity index (χ0n) is 26.2. The fraction of sp³-hybridized carbons (Fsp3) is 0.353. The van der Waals surface area contributed by atoms with Crippen LogP contribution < -0.4 is 4.74 Å². The zero-order chi connectivity index (χ0) is 32.9. The summed E-state index contributed by atoms with van der Waals surface area (Å²) in [5.41, 5.74) is 6.44. The maximum atomic E-state index is 12.1. The van der Waals surface area contributed by atoms with Crippen molar-refractivity contribution in [2.75, 3.05) is 52.9 Å². The van der Waals surface area contributed by atoms with E-state index < -0.39 is 10.1 Å². The van der Waals surface area contributed by atoms with Crippen LogP contribution >= 0.6 is 11.6 Å². The van der Waals surface area contributed by atoms with Crippen LogP contribution in [0, 0.1) is 32.1 Å². The lowest BCUT2D eigenvalue weighted by Crippen LogP contribution is -2.15. The second kappa shape index (κ2) is 17.2. The van der Waals surface area contributed by atoms with Gasteiger partial charge in [-0.3, -0.25) is 4.18 Å². The third-order valence-electron chi connectivity index (χ3n) is 7.08. The van der Waals surface area contributed by atoms with E-state index >= 15 is 0 Å². The van der Waals surface area contributed by atoms with Gasteiger partial charge in [-0.25, -0.2) is 4.68 Å². The Labute approximate surface area is 275 Å². The maximum Gasteiger partial charge on any atom is 0.297 e. The van der Waals surface area contributed by atoms with Gasteiger partial charge in [0.1, 0.15) is 18.4 Å². The average Bonchev–Trinajstić information content (AvgIpc) is 3.32. The van der Waals surface area contributed by atoms with Gasteiger partial charge in [0.2, 0.25) is 0 Å². The second-order valence-electron chi connectivity index (χ2n) is 10.4. The van der Waals surface area contributed by atoms with E-state index in [1.165, 1.54) is 12.1 Å². The number of rotatable bonds is 18. The van der Waals surface area contributed by atoms with Crippen LogP contribution in [0.15, 0.2) is 71.6 Å². The molecule has 0 amide bonds. The highest BCUT2D eigenvalue weighted by molar-refractivity contribution is 7.86. The molecule has 1 aromatic heterocycles. The monoisotopic (exact) mass is 667 g/mol. The Morgan fingerprint density at radius 1 is 0.804 bits per heavy atom. The standard InChI is InChI=1S/C34H38ClN3O7S/c1-25-4-12-32(13-5-25)46(39,40)45-21-19-43-17-15-41-14-16-42-18-20-44-31-10-6-28(7-11-31)22-33-26(2)37-38(27(33)3)30-9-8-29(24-36)34(35)23-30/h4-13,23H,14-22H2,1-3H3. The summed E-state index contributed by atoms with van der Waals surface area (Å²) in [5, 5.41) is 14.3. The van der Waals surface area contributed by atoms with Crippen molar-refractivity contribution in [2.24, 2.45) is 0 Å². The topological polar surface area (TPSA) is 122 Å². The van der Waals surface area contributed by atoms with E-state index in [4.69, 9.17) is 45.1 Å². The van der Waals surface area contributed by atoms with Crippen LogP contribution in [0.5, 0.6) is 5.75 Å². The number of hydrogen-bond acceptors (Lipinski definition) is 9. The van der Waals surface area contributed by atoms with E-state index in [1.54, 1.807) is 24.3 Å². The quantitative estimate of drug-likeness (QED) is 0.0965. The molecule has 244 valence electrons. The molecule has 0 atom stereocenters. The van der Waals surface area contributed by atoms with Crippen molar-refractivity contribution in [1.82, 2.24) is 9.78 Å². The summed E-state index contributed by atoms with van der Waals surface area (Å²) in [6.07, 6.45) is 0.722. The first-order chi connectivity index (χ1) is 22.2. The number of ether oxygens (including phenoxy) is 4. The van der Waals surface area contributed by atoms with Crippen molar-refractivity contribution in [3.8, 4) is 17.5 Å².